The Labute approximate surface area is 190 Å². The molecule has 2 aliphatic rings. The van der Waals surface area contributed by atoms with Gasteiger partial charge in [0.25, 0.3) is 0 Å². The predicted octanol–water partition coefficient (Wildman–Crippen LogP) is 5.23. The number of nitrogens with zero attached hydrogens (tertiary/aromatic N) is 3. The van der Waals surface area contributed by atoms with Crippen LogP contribution in [-0.4, -0.2) is 40.2 Å². The van der Waals surface area contributed by atoms with Gasteiger partial charge >= 0.3 is 0 Å². The average molecular weight is 432 g/mol. The van der Waals surface area contributed by atoms with Crippen LogP contribution >= 0.6 is 0 Å². The van der Waals surface area contributed by atoms with E-state index in [1.807, 2.05) is 19.2 Å². The summed E-state index contributed by atoms with van der Waals surface area (Å²) in [7, 11) is 0. The van der Waals surface area contributed by atoms with Crippen molar-refractivity contribution in [2.75, 3.05) is 29.9 Å². The molecule has 3 N–H and O–H groups in total. The third-order valence-electron chi connectivity index (χ3n) is 6.92. The number of aromatic nitrogens is 2. The van der Waals surface area contributed by atoms with Crippen molar-refractivity contribution in [1.82, 2.24) is 15.3 Å². The second-order valence-electron chi connectivity index (χ2n) is 9.97. The zero-order chi connectivity index (χ0) is 22.3. The van der Waals surface area contributed by atoms with Gasteiger partial charge in [-0.25, -0.2) is 9.97 Å². The van der Waals surface area contributed by atoms with Crippen LogP contribution in [0.25, 0.3) is 10.9 Å². The molecule has 5 rings (SSSR count). The highest BCUT2D eigenvalue weighted by Crippen LogP contribution is 2.42. The Morgan fingerprint density at radius 1 is 1.16 bits per heavy atom. The molecular weight excluding hydrogens is 398 g/mol. The summed E-state index contributed by atoms with van der Waals surface area (Å²) in [5, 5.41) is 18.7. The fourth-order valence-corrected chi connectivity index (χ4v) is 5.28. The van der Waals surface area contributed by atoms with Gasteiger partial charge in [-0.05, 0) is 75.4 Å². The number of aryl methyl sites for hydroxylation is 1. The fourth-order valence-electron chi connectivity index (χ4n) is 5.28. The van der Waals surface area contributed by atoms with Gasteiger partial charge in [0, 0.05) is 53.7 Å². The van der Waals surface area contributed by atoms with E-state index in [0.29, 0.717) is 17.6 Å². The fraction of sp³-hybridized carbons (Fsp3) is 0.462. The van der Waals surface area contributed by atoms with Gasteiger partial charge in [0.2, 0.25) is 5.95 Å². The van der Waals surface area contributed by atoms with Crippen LogP contribution < -0.4 is 15.5 Å². The molecule has 1 aliphatic carbocycles. The van der Waals surface area contributed by atoms with Crippen molar-refractivity contribution >= 4 is 28.2 Å². The number of hydrogen-bond acceptors (Lipinski definition) is 6. The van der Waals surface area contributed by atoms with Crippen molar-refractivity contribution in [2.24, 2.45) is 0 Å². The third kappa shape index (κ3) is 4.11. The molecule has 1 aromatic heterocycles. The minimum atomic E-state index is 0.120. The lowest BCUT2D eigenvalue weighted by Gasteiger charge is -2.40. The van der Waals surface area contributed by atoms with Gasteiger partial charge in [-0.15, -0.1) is 0 Å². The van der Waals surface area contributed by atoms with Crippen LogP contribution in [0, 0.1) is 6.92 Å². The maximum absolute atomic E-state index is 10.7. The van der Waals surface area contributed by atoms with E-state index in [9.17, 15) is 5.11 Å². The SMILES string of the molecule is Cc1cc(O)c(C2CCCC2)c2nc(Nc3ccc(N4CCNC(C)(C)C4)cc3)ncc12. The Morgan fingerprint density at radius 2 is 1.91 bits per heavy atom. The first-order valence-corrected chi connectivity index (χ1v) is 11.8. The monoisotopic (exact) mass is 431 g/mol. The van der Waals surface area contributed by atoms with Gasteiger partial charge in [-0.3, -0.25) is 0 Å². The molecule has 1 saturated heterocycles. The van der Waals surface area contributed by atoms with Crippen molar-refractivity contribution in [1.29, 1.82) is 0 Å². The normalized spacial score (nSPS) is 18.9. The minimum absolute atomic E-state index is 0.120. The number of anilines is 3. The molecule has 0 radical (unpaired) electrons. The van der Waals surface area contributed by atoms with Crippen LogP contribution in [0.15, 0.2) is 36.5 Å². The van der Waals surface area contributed by atoms with E-state index in [1.54, 1.807) is 0 Å². The van der Waals surface area contributed by atoms with Gasteiger partial charge in [-0.1, -0.05) is 12.8 Å². The molecule has 6 nitrogen and oxygen atoms in total. The second-order valence-corrected chi connectivity index (χ2v) is 9.97. The summed E-state index contributed by atoms with van der Waals surface area (Å²) < 4.78 is 0. The van der Waals surface area contributed by atoms with Crippen LogP contribution in [0.1, 0.15) is 56.6 Å². The summed E-state index contributed by atoms with van der Waals surface area (Å²) >= 11 is 0. The molecular formula is C26H33N5O. The molecule has 2 heterocycles. The summed E-state index contributed by atoms with van der Waals surface area (Å²) in [6.07, 6.45) is 6.54. The summed E-state index contributed by atoms with van der Waals surface area (Å²) in [5.74, 6) is 1.32. The molecule has 32 heavy (non-hydrogen) atoms. The number of rotatable bonds is 4. The Hall–Kier alpha value is -2.86. The smallest absolute Gasteiger partial charge is 0.227 e. The number of phenolic OH excluding ortho intramolecular Hbond substituents is 1. The zero-order valence-electron chi connectivity index (χ0n) is 19.3. The van der Waals surface area contributed by atoms with Crippen LogP contribution in [0.2, 0.25) is 0 Å². The molecule has 0 bridgehead atoms. The van der Waals surface area contributed by atoms with Gasteiger partial charge < -0.3 is 20.6 Å². The van der Waals surface area contributed by atoms with Crippen molar-refractivity contribution in [2.45, 2.75) is 57.9 Å². The first kappa shape index (κ1) is 21.0. The van der Waals surface area contributed by atoms with Gasteiger partial charge in [-0.2, -0.15) is 0 Å². The van der Waals surface area contributed by atoms with E-state index in [-0.39, 0.29) is 5.54 Å². The first-order chi connectivity index (χ1) is 15.4. The van der Waals surface area contributed by atoms with Crippen LogP contribution in [-0.2, 0) is 0 Å². The first-order valence-electron chi connectivity index (χ1n) is 11.8. The number of fused-ring (bicyclic) bond motifs is 1. The van der Waals surface area contributed by atoms with Crippen LogP contribution in [0.4, 0.5) is 17.3 Å². The third-order valence-corrected chi connectivity index (χ3v) is 6.92. The predicted molar refractivity (Wildman–Crippen MR) is 131 cm³/mol. The number of piperazine rings is 1. The molecule has 0 amide bonds. The Bertz CT molecular complexity index is 1120. The maximum atomic E-state index is 10.7. The lowest BCUT2D eigenvalue weighted by atomic mass is 9.92. The molecule has 3 aromatic rings. The molecule has 0 unspecified atom stereocenters. The molecule has 168 valence electrons. The van der Waals surface area contributed by atoms with E-state index < -0.39 is 0 Å². The highest BCUT2D eigenvalue weighted by Gasteiger charge is 2.26. The Morgan fingerprint density at radius 3 is 2.62 bits per heavy atom. The molecule has 2 aromatic carbocycles. The molecule has 0 atom stereocenters. The van der Waals surface area contributed by atoms with Crippen molar-refractivity contribution in [3.63, 3.8) is 0 Å². The van der Waals surface area contributed by atoms with Gasteiger partial charge in [0.1, 0.15) is 5.75 Å². The quantitative estimate of drug-likeness (QED) is 0.525. The van der Waals surface area contributed by atoms with E-state index in [4.69, 9.17) is 4.98 Å². The highest BCUT2D eigenvalue weighted by molar-refractivity contribution is 5.88. The number of benzene rings is 2. The largest absolute Gasteiger partial charge is 0.508 e. The second kappa shape index (κ2) is 8.24. The van der Waals surface area contributed by atoms with E-state index in [1.165, 1.54) is 18.5 Å². The molecule has 0 spiro atoms. The molecule has 1 aliphatic heterocycles. The number of nitrogens with one attached hydrogen (secondary N) is 2. The van der Waals surface area contributed by atoms with Gasteiger partial charge in [0.05, 0.1) is 5.52 Å². The highest BCUT2D eigenvalue weighted by atomic mass is 16.3. The maximum Gasteiger partial charge on any atom is 0.227 e. The van der Waals surface area contributed by atoms with Crippen molar-refractivity contribution in [3.8, 4) is 5.75 Å². The van der Waals surface area contributed by atoms with Gasteiger partial charge in [0.15, 0.2) is 0 Å². The summed E-state index contributed by atoms with van der Waals surface area (Å²) in [4.78, 5) is 11.9. The Balaban J connectivity index is 1.41. The van der Waals surface area contributed by atoms with Crippen LogP contribution in [0.5, 0.6) is 5.75 Å². The van der Waals surface area contributed by atoms with E-state index >= 15 is 0 Å². The van der Waals surface area contributed by atoms with E-state index in [0.717, 1.165) is 60.2 Å². The summed E-state index contributed by atoms with van der Waals surface area (Å²) in [6.45, 7) is 9.48. The summed E-state index contributed by atoms with van der Waals surface area (Å²) in [6, 6.07) is 10.4. The number of phenols is 1. The Kier molecular flexibility index (Phi) is 5.41. The number of aromatic hydroxyl groups is 1. The standard InChI is InChI=1S/C26H33N5O/c1-17-14-22(32)23(18-6-4-5-7-18)24-21(17)15-27-25(30-24)29-19-8-10-20(11-9-19)31-13-12-28-26(2,3)16-31/h8-11,14-15,18,28,32H,4-7,12-13,16H2,1-3H3,(H,27,29,30). The molecule has 2 fully saturated rings. The topological polar surface area (TPSA) is 73.3 Å². The lowest BCUT2D eigenvalue weighted by Crippen LogP contribution is -2.57. The average Bonchev–Trinajstić information content (AvgIpc) is 3.28. The van der Waals surface area contributed by atoms with Crippen molar-refractivity contribution < 1.29 is 5.11 Å². The zero-order valence-corrected chi connectivity index (χ0v) is 19.3. The number of hydrogen-bond donors (Lipinski definition) is 3. The van der Waals surface area contributed by atoms with E-state index in [2.05, 4.69) is 58.6 Å². The molecule has 6 heteroatoms. The minimum Gasteiger partial charge on any atom is -0.508 e. The summed E-state index contributed by atoms with van der Waals surface area (Å²) in [5.41, 5.74) is 5.19. The van der Waals surface area contributed by atoms with Crippen molar-refractivity contribution in [3.05, 3.63) is 47.7 Å². The lowest BCUT2D eigenvalue weighted by molar-refractivity contribution is 0.353. The van der Waals surface area contributed by atoms with Crippen LogP contribution in [0.3, 0.4) is 0 Å². The molecule has 1 saturated carbocycles.